The Bertz CT molecular complexity index is 634. The van der Waals surface area contributed by atoms with Gasteiger partial charge in [-0.1, -0.05) is 0 Å². The van der Waals surface area contributed by atoms with Crippen LogP contribution in [-0.4, -0.2) is 16.5 Å². The summed E-state index contributed by atoms with van der Waals surface area (Å²) in [7, 11) is 0. The fourth-order valence-corrected chi connectivity index (χ4v) is 1.70. The maximum atomic E-state index is 13.2. The van der Waals surface area contributed by atoms with Gasteiger partial charge in [0.2, 0.25) is 5.82 Å². The van der Waals surface area contributed by atoms with Gasteiger partial charge in [0.25, 0.3) is 0 Å². The average Bonchev–Trinajstić information content (AvgIpc) is 2.36. The summed E-state index contributed by atoms with van der Waals surface area (Å²) >= 11 is 0. The van der Waals surface area contributed by atoms with Crippen molar-refractivity contribution in [2.45, 2.75) is 13.1 Å². The van der Waals surface area contributed by atoms with Gasteiger partial charge in [0, 0.05) is 24.2 Å². The standard InChI is InChI=1S/C13H10F5N3/c1-2-19-11-6-10(20-12(21-11)13(16,17)18)7-3-8(14)5-9(15)4-7/h3-6H,2H2,1H3,(H,19,20,21). The molecular formula is C13H10F5N3. The van der Waals surface area contributed by atoms with Gasteiger partial charge in [0.05, 0.1) is 5.69 Å². The Balaban J connectivity index is 2.59. The highest BCUT2D eigenvalue weighted by Gasteiger charge is 2.35. The number of aromatic nitrogens is 2. The Kier molecular flexibility index (Phi) is 4.06. The SMILES string of the molecule is CCNc1cc(-c2cc(F)cc(F)c2)nc(C(F)(F)F)n1. The van der Waals surface area contributed by atoms with Crippen LogP contribution in [0.15, 0.2) is 24.3 Å². The first-order valence-electron chi connectivity index (χ1n) is 5.96. The lowest BCUT2D eigenvalue weighted by Crippen LogP contribution is -2.13. The maximum Gasteiger partial charge on any atom is 0.451 e. The third-order valence-electron chi connectivity index (χ3n) is 2.50. The maximum absolute atomic E-state index is 13.2. The first-order valence-corrected chi connectivity index (χ1v) is 5.96. The number of nitrogens with zero attached hydrogens (tertiary/aromatic N) is 2. The number of anilines is 1. The highest BCUT2D eigenvalue weighted by atomic mass is 19.4. The van der Waals surface area contributed by atoms with Crippen molar-refractivity contribution in [2.24, 2.45) is 0 Å². The molecule has 21 heavy (non-hydrogen) atoms. The van der Waals surface area contributed by atoms with Gasteiger partial charge in [0.15, 0.2) is 0 Å². The van der Waals surface area contributed by atoms with Gasteiger partial charge in [0.1, 0.15) is 17.5 Å². The van der Waals surface area contributed by atoms with Crippen molar-refractivity contribution in [1.82, 2.24) is 9.97 Å². The third-order valence-corrected chi connectivity index (χ3v) is 2.50. The zero-order valence-corrected chi connectivity index (χ0v) is 10.8. The smallest absolute Gasteiger partial charge is 0.370 e. The van der Waals surface area contributed by atoms with Gasteiger partial charge in [-0.05, 0) is 19.1 Å². The zero-order chi connectivity index (χ0) is 15.6. The van der Waals surface area contributed by atoms with E-state index in [-0.39, 0.29) is 17.1 Å². The van der Waals surface area contributed by atoms with E-state index >= 15 is 0 Å². The van der Waals surface area contributed by atoms with E-state index in [0.717, 1.165) is 12.1 Å². The highest BCUT2D eigenvalue weighted by molar-refractivity contribution is 5.62. The molecule has 0 saturated carbocycles. The average molecular weight is 303 g/mol. The minimum Gasteiger partial charge on any atom is -0.370 e. The summed E-state index contributed by atoms with van der Waals surface area (Å²) in [6.45, 7) is 2.02. The van der Waals surface area contributed by atoms with Gasteiger partial charge < -0.3 is 5.32 Å². The second-order valence-corrected chi connectivity index (χ2v) is 4.15. The molecule has 1 aromatic heterocycles. The summed E-state index contributed by atoms with van der Waals surface area (Å²) in [5, 5.41) is 2.62. The summed E-state index contributed by atoms with van der Waals surface area (Å²) in [6.07, 6.45) is -4.76. The fraction of sp³-hybridized carbons (Fsp3) is 0.231. The van der Waals surface area contributed by atoms with Gasteiger partial charge >= 0.3 is 6.18 Å². The fourth-order valence-electron chi connectivity index (χ4n) is 1.70. The molecule has 0 saturated heterocycles. The van der Waals surface area contributed by atoms with Crippen molar-refractivity contribution in [1.29, 1.82) is 0 Å². The molecule has 1 N–H and O–H groups in total. The Morgan fingerprint density at radius 3 is 2.14 bits per heavy atom. The lowest BCUT2D eigenvalue weighted by Gasteiger charge is -2.11. The minimum absolute atomic E-state index is 0.0699. The molecule has 0 aliphatic heterocycles. The Hall–Kier alpha value is -2.25. The van der Waals surface area contributed by atoms with E-state index in [0.29, 0.717) is 12.6 Å². The summed E-state index contributed by atoms with van der Waals surface area (Å²) in [5.74, 6) is -3.25. The van der Waals surface area contributed by atoms with Crippen molar-refractivity contribution < 1.29 is 22.0 Å². The Morgan fingerprint density at radius 2 is 1.62 bits per heavy atom. The summed E-state index contributed by atoms with van der Waals surface area (Å²) in [5.41, 5.74) is -0.314. The number of benzene rings is 1. The topological polar surface area (TPSA) is 37.8 Å². The second-order valence-electron chi connectivity index (χ2n) is 4.15. The quantitative estimate of drug-likeness (QED) is 0.875. The van der Waals surface area contributed by atoms with Crippen molar-refractivity contribution >= 4 is 5.82 Å². The summed E-state index contributed by atoms with van der Waals surface area (Å²) < 4.78 is 64.6. The van der Waals surface area contributed by atoms with E-state index in [1.807, 2.05) is 0 Å². The van der Waals surface area contributed by atoms with Gasteiger partial charge in [-0.25, -0.2) is 18.7 Å². The molecule has 0 spiro atoms. The molecule has 0 bridgehead atoms. The number of alkyl halides is 3. The van der Waals surface area contributed by atoms with Crippen molar-refractivity contribution in [3.63, 3.8) is 0 Å². The Labute approximate surface area is 116 Å². The molecule has 8 heteroatoms. The molecule has 2 rings (SSSR count). The van der Waals surface area contributed by atoms with Crippen LogP contribution in [0, 0.1) is 11.6 Å². The molecule has 0 atom stereocenters. The molecule has 1 heterocycles. The molecular weight excluding hydrogens is 293 g/mol. The van der Waals surface area contributed by atoms with Crippen LogP contribution in [0.1, 0.15) is 12.7 Å². The molecule has 0 unspecified atom stereocenters. The third kappa shape index (κ3) is 3.65. The number of nitrogens with one attached hydrogen (secondary N) is 1. The predicted octanol–water partition coefficient (Wildman–Crippen LogP) is 3.87. The van der Waals surface area contributed by atoms with Crippen LogP contribution < -0.4 is 5.32 Å². The molecule has 0 aliphatic rings. The van der Waals surface area contributed by atoms with Crippen LogP contribution in [-0.2, 0) is 6.18 Å². The van der Waals surface area contributed by atoms with Crippen LogP contribution in [0.25, 0.3) is 11.3 Å². The van der Waals surface area contributed by atoms with E-state index in [1.165, 1.54) is 6.07 Å². The van der Waals surface area contributed by atoms with Gasteiger partial charge in [-0.15, -0.1) is 0 Å². The van der Waals surface area contributed by atoms with Crippen LogP contribution in [0.3, 0.4) is 0 Å². The van der Waals surface area contributed by atoms with Crippen LogP contribution in [0.5, 0.6) is 0 Å². The van der Waals surface area contributed by atoms with E-state index < -0.39 is 23.6 Å². The molecule has 0 amide bonds. The molecule has 0 fully saturated rings. The number of halogens is 5. The molecule has 2 aromatic rings. The number of hydrogen-bond donors (Lipinski definition) is 1. The molecule has 1 aromatic carbocycles. The minimum atomic E-state index is -4.76. The normalized spacial score (nSPS) is 11.5. The molecule has 3 nitrogen and oxygen atoms in total. The van der Waals surface area contributed by atoms with E-state index in [4.69, 9.17) is 0 Å². The van der Waals surface area contributed by atoms with Gasteiger partial charge in [-0.3, -0.25) is 0 Å². The van der Waals surface area contributed by atoms with E-state index in [9.17, 15) is 22.0 Å². The lowest BCUT2D eigenvalue weighted by molar-refractivity contribution is -0.144. The van der Waals surface area contributed by atoms with E-state index in [1.54, 1.807) is 6.92 Å². The van der Waals surface area contributed by atoms with Crippen LogP contribution in [0.2, 0.25) is 0 Å². The summed E-state index contributed by atoms with van der Waals surface area (Å²) in [4.78, 5) is 6.66. The molecule has 0 radical (unpaired) electrons. The van der Waals surface area contributed by atoms with Crippen molar-refractivity contribution in [3.05, 3.63) is 41.7 Å². The monoisotopic (exact) mass is 303 g/mol. The first kappa shape index (κ1) is 15.1. The van der Waals surface area contributed by atoms with E-state index in [2.05, 4.69) is 15.3 Å². The number of rotatable bonds is 3. The van der Waals surface area contributed by atoms with Crippen molar-refractivity contribution in [2.75, 3.05) is 11.9 Å². The lowest BCUT2D eigenvalue weighted by atomic mass is 10.1. The number of hydrogen-bond acceptors (Lipinski definition) is 3. The summed E-state index contributed by atoms with van der Waals surface area (Å²) in [6, 6.07) is 3.64. The van der Waals surface area contributed by atoms with Crippen molar-refractivity contribution in [3.8, 4) is 11.3 Å². The van der Waals surface area contributed by atoms with Crippen LogP contribution in [0.4, 0.5) is 27.8 Å². The van der Waals surface area contributed by atoms with Gasteiger partial charge in [-0.2, -0.15) is 13.2 Å². The molecule has 112 valence electrons. The van der Waals surface area contributed by atoms with Crippen LogP contribution >= 0.6 is 0 Å². The largest absolute Gasteiger partial charge is 0.451 e. The Morgan fingerprint density at radius 1 is 1.00 bits per heavy atom. The predicted molar refractivity (Wildman–Crippen MR) is 66.5 cm³/mol. The molecule has 0 aliphatic carbocycles. The first-order chi connectivity index (χ1) is 9.79. The zero-order valence-electron chi connectivity index (χ0n) is 10.8. The second kappa shape index (κ2) is 5.63. The highest BCUT2D eigenvalue weighted by Crippen LogP contribution is 2.30.